The van der Waals surface area contributed by atoms with E-state index in [0.29, 0.717) is 0 Å². The molecule has 1 unspecified atom stereocenters. The van der Waals surface area contributed by atoms with E-state index in [4.69, 9.17) is 10.2 Å². The maximum Gasteiger partial charge on any atom is 0.276 e. The molecule has 0 saturated carbocycles. The molecule has 17 heavy (non-hydrogen) atoms. The third-order valence-corrected chi connectivity index (χ3v) is 3.18. The van der Waals surface area contributed by atoms with Crippen molar-refractivity contribution < 1.29 is 18.6 Å². The van der Waals surface area contributed by atoms with Gasteiger partial charge in [-0.2, -0.15) is 13.5 Å². The van der Waals surface area contributed by atoms with E-state index in [-0.39, 0.29) is 4.90 Å². The van der Waals surface area contributed by atoms with E-state index in [2.05, 4.69) is 5.10 Å². The molecule has 0 aromatic heterocycles. The van der Waals surface area contributed by atoms with Crippen LogP contribution in [0.25, 0.3) is 0 Å². The summed E-state index contributed by atoms with van der Waals surface area (Å²) in [4.78, 5) is 2.01. The van der Waals surface area contributed by atoms with Crippen LogP contribution in [-0.4, -0.2) is 37.6 Å². The molecule has 0 spiro atoms. The molecule has 0 aliphatic carbocycles. The molecule has 1 aromatic carbocycles. The predicted octanol–water partition coefficient (Wildman–Crippen LogP) is -0.388. The van der Waals surface area contributed by atoms with Gasteiger partial charge in [0.15, 0.2) is 0 Å². The second kappa shape index (κ2) is 5.76. The first-order valence-corrected chi connectivity index (χ1v) is 6.34. The van der Waals surface area contributed by atoms with E-state index in [1.54, 1.807) is 12.1 Å². The third-order valence-electron chi connectivity index (χ3n) is 1.94. The average Bonchev–Trinajstić information content (AvgIpc) is 2.29. The summed E-state index contributed by atoms with van der Waals surface area (Å²) >= 11 is 0. The number of hydrogen-bond acceptors (Lipinski definition) is 5. The highest BCUT2D eigenvalue weighted by molar-refractivity contribution is 7.89. The number of sulfonamides is 1. The van der Waals surface area contributed by atoms with Crippen molar-refractivity contribution in [3.63, 3.8) is 0 Å². The van der Waals surface area contributed by atoms with Crippen LogP contribution in [0.4, 0.5) is 0 Å². The van der Waals surface area contributed by atoms with Gasteiger partial charge in [-0.05, 0) is 19.1 Å². The van der Waals surface area contributed by atoms with Crippen LogP contribution in [0.2, 0.25) is 0 Å². The normalized spacial score (nSPS) is 13.8. The molecule has 94 valence electrons. The summed E-state index contributed by atoms with van der Waals surface area (Å²) in [6, 6.07) is 6.24. The van der Waals surface area contributed by atoms with E-state index >= 15 is 0 Å². The Morgan fingerprint density at radius 3 is 2.53 bits per heavy atom. The number of aryl methyl sites for hydroxylation is 1. The monoisotopic (exact) mass is 258 g/mol. The Kier molecular flexibility index (Phi) is 4.62. The molecule has 0 radical (unpaired) electrons. The lowest BCUT2D eigenvalue weighted by Gasteiger charge is -2.04. The molecule has 7 heteroatoms. The summed E-state index contributed by atoms with van der Waals surface area (Å²) in [5.41, 5.74) is 0.947. The molecule has 0 amide bonds. The minimum absolute atomic E-state index is 0.0822. The Labute approximate surface area is 99.7 Å². The number of nitrogens with one attached hydrogen (secondary N) is 1. The number of aliphatic hydroxyl groups is 2. The molecule has 0 bridgehead atoms. The van der Waals surface area contributed by atoms with Crippen LogP contribution in [0, 0.1) is 6.92 Å². The first-order valence-electron chi connectivity index (χ1n) is 4.86. The van der Waals surface area contributed by atoms with Crippen LogP contribution >= 0.6 is 0 Å². The largest absolute Gasteiger partial charge is 0.393 e. The molecule has 0 fully saturated rings. The van der Waals surface area contributed by atoms with E-state index in [0.717, 1.165) is 11.8 Å². The van der Waals surface area contributed by atoms with Crippen LogP contribution in [0.5, 0.6) is 0 Å². The Morgan fingerprint density at radius 2 is 2.00 bits per heavy atom. The van der Waals surface area contributed by atoms with Crippen molar-refractivity contribution >= 4 is 16.2 Å². The number of aliphatic hydroxyl groups excluding tert-OH is 2. The van der Waals surface area contributed by atoms with Crippen LogP contribution in [0.1, 0.15) is 5.56 Å². The van der Waals surface area contributed by atoms with Crippen LogP contribution in [-0.2, 0) is 10.0 Å². The van der Waals surface area contributed by atoms with Gasteiger partial charge in [0.2, 0.25) is 0 Å². The lowest BCUT2D eigenvalue weighted by Crippen LogP contribution is -2.21. The first kappa shape index (κ1) is 13.6. The van der Waals surface area contributed by atoms with E-state index in [1.165, 1.54) is 12.1 Å². The summed E-state index contributed by atoms with van der Waals surface area (Å²) in [7, 11) is -3.72. The summed E-state index contributed by atoms with van der Waals surface area (Å²) in [5.74, 6) is 0. The lowest BCUT2D eigenvalue weighted by atomic mass is 10.2. The van der Waals surface area contributed by atoms with Crippen molar-refractivity contribution in [2.45, 2.75) is 17.9 Å². The van der Waals surface area contributed by atoms with Gasteiger partial charge in [0.25, 0.3) is 10.0 Å². The molecule has 1 atom stereocenters. The standard InChI is InChI=1S/C10H14N2O4S/c1-8-2-4-10(5-3-8)17(15,16)12-11-6-9(14)7-13/h2-6,9,12-14H,7H2,1H3/b11-6+. The SMILES string of the molecule is Cc1ccc(S(=O)(=O)N/N=C/C(O)CO)cc1. The molecule has 3 N–H and O–H groups in total. The maximum atomic E-state index is 11.6. The van der Waals surface area contributed by atoms with Gasteiger partial charge < -0.3 is 10.2 Å². The van der Waals surface area contributed by atoms with Crippen molar-refractivity contribution in [1.29, 1.82) is 0 Å². The number of hydrogen-bond donors (Lipinski definition) is 3. The predicted molar refractivity (Wildman–Crippen MR) is 63.1 cm³/mol. The molecule has 1 aromatic rings. The lowest BCUT2D eigenvalue weighted by molar-refractivity contribution is 0.148. The topological polar surface area (TPSA) is 99.0 Å². The fourth-order valence-electron chi connectivity index (χ4n) is 1.00. The fourth-order valence-corrected chi connectivity index (χ4v) is 1.80. The van der Waals surface area contributed by atoms with Gasteiger partial charge in [-0.3, -0.25) is 0 Å². The summed E-state index contributed by atoms with van der Waals surface area (Å²) < 4.78 is 23.3. The summed E-state index contributed by atoms with van der Waals surface area (Å²) in [6.45, 7) is 1.33. The molecule has 1 rings (SSSR count). The Morgan fingerprint density at radius 1 is 1.41 bits per heavy atom. The second-order valence-corrected chi connectivity index (χ2v) is 5.10. The quantitative estimate of drug-likeness (QED) is 0.495. The number of benzene rings is 1. The fraction of sp³-hybridized carbons (Fsp3) is 0.300. The van der Waals surface area contributed by atoms with Gasteiger partial charge in [0.05, 0.1) is 17.7 Å². The van der Waals surface area contributed by atoms with Crippen LogP contribution in [0.15, 0.2) is 34.3 Å². The molecule has 0 heterocycles. The van der Waals surface area contributed by atoms with Gasteiger partial charge in [-0.25, -0.2) is 4.83 Å². The van der Waals surface area contributed by atoms with Gasteiger partial charge in [0.1, 0.15) is 6.10 Å². The van der Waals surface area contributed by atoms with E-state index in [9.17, 15) is 8.42 Å². The number of hydrazone groups is 1. The van der Waals surface area contributed by atoms with Gasteiger partial charge >= 0.3 is 0 Å². The molecule has 6 nitrogen and oxygen atoms in total. The van der Waals surface area contributed by atoms with Crippen molar-refractivity contribution in [2.75, 3.05) is 6.61 Å². The summed E-state index contributed by atoms with van der Waals surface area (Å²) in [6.07, 6.45) is -0.276. The zero-order valence-corrected chi connectivity index (χ0v) is 10.1. The van der Waals surface area contributed by atoms with Crippen molar-refractivity contribution in [2.24, 2.45) is 5.10 Å². The van der Waals surface area contributed by atoms with Gasteiger partial charge in [-0.15, -0.1) is 0 Å². The minimum Gasteiger partial charge on any atom is -0.393 e. The highest BCUT2D eigenvalue weighted by atomic mass is 32.2. The zero-order chi connectivity index (χ0) is 12.9. The van der Waals surface area contributed by atoms with Gasteiger partial charge in [0, 0.05) is 0 Å². The molecule has 0 saturated heterocycles. The Balaban J connectivity index is 2.76. The van der Waals surface area contributed by atoms with Gasteiger partial charge in [-0.1, -0.05) is 17.7 Å². The highest BCUT2D eigenvalue weighted by Crippen LogP contribution is 2.09. The Hall–Kier alpha value is -1.44. The van der Waals surface area contributed by atoms with Crippen LogP contribution in [0.3, 0.4) is 0 Å². The minimum atomic E-state index is -3.72. The smallest absolute Gasteiger partial charge is 0.276 e. The third kappa shape index (κ3) is 4.14. The Bertz CT molecular complexity index is 482. The molecular formula is C10H14N2O4S. The number of rotatable bonds is 5. The van der Waals surface area contributed by atoms with Crippen LogP contribution < -0.4 is 4.83 Å². The average molecular weight is 258 g/mol. The maximum absolute atomic E-state index is 11.6. The molecular weight excluding hydrogens is 244 g/mol. The number of nitrogens with zero attached hydrogens (tertiary/aromatic N) is 1. The first-order chi connectivity index (χ1) is 7.95. The zero-order valence-electron chi connectivity index (χ0n) is 9.24. The molecule has 0 aliphatic rings. The highest BCUT2D eigenvalue weighted by Gasteiger charge is 2.11. The molecule has 0 aliphatic heterocycles. The van der Waals surface area contributed by atoms with E-state index in [1.807, 2.05) is 11.8 Å². The van der Waals surface area contributed by atoms with Crippen molar-refractivity contribution in [3.05, 3.63) is 29.8 Å². The van der Waals surface area contributed by atoms with Crippen molar-refractivity contribution in [3.8, 4) is 0 Å². The van der Waals surface area contributed by atoms with Crippen molar-refractivity contribution in [1.82, 2.24) is 4.83 Å². The van der Waals surface area contributed by atoms with E-state index < -0.39 is 22.7 Å². The second-order valence-electron chi connectivity index (χ2n) is 3.44. The summed E-state index contributed by atoms with van der Waals surface area (Å²) in [5, 5.41) is 20.8.